The summed E-state index contributed by atoms with van der Waals surface area (Å²) in [5.41, 5.74) is 0.255. The first-order chi connectivity index (χ1) is 10.6. The summed E-state index contributed by atoms with van der Waals surface area (Å²) in [6.07, 6.45) is 2.89. The Kier molecular flexibility index (Phi) is 3.74. The van der Waals surface area contributed by atoms with Crippen molar-refractivity contribution in [1.29, 1.82) is 0 Å². The minimum Gasteiger partial charge on any atom is -0.353 e. The van der Waals surface area contributed by atoms with Crippen LogP contribution in [0.5, 0.6) is 0 Å². The first-order valence-electron chi connectivity index (χ1n) is 7.06. The van der Waals surface area contributed by atoms with Gasteiger partial charge < -0.3 is 14.4 Å². The minimum absolute atomic E-state index is 0.0927. The lowest BCUT2D eigenvalue weighted by Gasteiger charge is -2.36. The van der Waals surface area contributed by atoms with Gasteiger partial charge in [-0.1, -0.05) is 0 Å². The molecular formula is C14H17FN6O. The molecule has 1 saturated heterocycles. The maximum absolute atomic E-state index is 14.1. The Morgan fingerprint density at radius 3 is 2.45 bits per heavy atom. The van der Waals surface area contributed by atoms with Gasteiger partial charge in [-0.15, -0.1) is 0 Å². The molecular weight excluding hydrogens is 287 g/mol. The Hall–Kier alpha value is -2.51. The maximum Gasteiger partial charge on any atom is 0.255 e. The Morgan fingerprint density at radius 2 is 1.77 bits per heavy atom. The molecule has 2 aromatic heterocycles. The lowest BCUT2D eigenvalue weighted by molar-refractivity contribution is 0.572. The summed E-state index contributed by atoms with van der Waals surface area (Å²) in [5.74, 6) is 0.619. The van der Waals surface area contributed by atoms with Crippen molar-refractivity contribution in [2.24, 2.45) is 7.05 Å². The molecule has 0 radical (unpaired) electrons. The number of halogens is 1. The van der Waals surface area contributed by atoms with Gasteiger partial charge in [0.05, 0.1) is 12.0 Å². The quantitative estimate of drug-likeness (QED) is 0.797. The number of piperazine rings is 1. The summed E-state index contributed by atoms with van der Waals surface area (Å²) < 4.78 is 15.5. The Balaban J connectivity index is 1.73. The van der Waals surface area contributed by atoms with E-state index in [0.29, 0.717) is 43.5 Å². The fourth-order valence-corrected chi connectivity index (χ4v) is 2.44. The van der Waals surface area contributed by atoms with Crippen molar-refractivity contribution in [3.8, 4) is 0 Å². The van der Waals surface area contributed by atoms with Crippen LogP contribution in [-0.2, 0) is 7.05 Å². The smallest absolute Gasteiger partial charge is 0.255 e. The zero-order chi connectivity index (χ0) is 15.7. The molecule has 0 saturated carbocycles. The second-order valence-electron chi connectivity index (χ2n) is 5.27. The summed E-state index contributed by atoms with van der Waals surface area (Å²) in [6.45, 7) is 4.17. The van der Waals surface area contributed by atoms with Gasteiger partial charge in [-0.3, -0.25) is 4.79 Å². The van der Waals surface area contributed by atoms with Crippen molar-refractivity contribution in [2.45, 2.75) is 6.92 Å². The molecule has 0 bridgehead atoms. The number of aryl methyl sites for hydroxylation is 2. The van der Waals surface area contributed by atoms with Gasteiger partial charge >= 0.3 is 0 Å². The van der Waals surface area contributed by atoms with Gasteiger partial charge in [-0.25, -0.2) is 19.3 Å². The maximum atomic E-state index is 14.1. The molecule has 3 heterocycles. The van der Waals surface area contributed by atoms with Gasteiger partial charge in [-0.2, -0.15) is 0 Å². The van der Waals surface area contributed by atoms with E-state index >= 15 is 0 Å². The molecule has 0 amide bonds. The number of hydrogen-bond acceptors (Lipinski definition) is 6. The number of rotatable bonds is 2. The van der Waals surface area contributed by atoms with Gasteiger partial charge in [0.25, 0.3) is 5.56 Å². The van der Waals surface area contributed by atoms with Gasteiger partial charge in [0, 0.05) is 39.3 Å². The van der Waals surface area contributed by atoms with Crippen LogP contribution in [0.4, 0.5) is 16.0 Å². The highest BCUT2D eigenvalue weighted by Crippen LogP contribution is 2.20. The molecule has 0 atom stereocenters. The van der Waals surface area contributed by atoms with Crippen LogP contribution in [0.2, 0.25) is 0 Å². The highest BCUT2D eigenvalue weighted by Gasteiger charge is 2.22. The molecule has 7 nitrogen and oxygen atoms in total. The first-order valence-corrected chi connectivity index (χ1v) is 7.06. The summed E-state index contributed by atoms with van der Waals surface area (Å²) in [6, 6.07) is 1.52. The zero-order valence-corrected chi connectivity index (χ0v) is 12.5. The van der Waals surface area contributed by atoms with Gasteiger partial charge in [0.15, 0.2) is 11.6 Å². The third kappa shape index (κ3) is 2.63. The molecule has 8 heteroatoms. The molecule has 0 N–H and O–H groups in total. The molecule has 1 aliphatic rings. The predicted octanol–water partition coefficient (Wildman–Crippen LogP) is 0.344. The summed E-state index contributed by atoms with van der Waals surface area (Å²) in [7, 11) is 1.66. The predicted molar refractivity (Wildman–Crippen MR) is 80.6 cm³/mol. The third-order valence-electron chi connectivity index (χ3n) is 3.81. The molecule has 22 heavy (non-hydrogen) atoms. The van der Waals surface area contributed by atoms with Crippen molar-refractivity contribution < 1.29 is 4.39 Å². The van der Waals surface area contributed by atoms with E-state index in [1.165, 1.54) is 23.3 Å². The van der Waals surface area contributed by atoms with Gasteiger partial charge in [0.2, 0.25) is 0 Å². The van der Waals surface area contributed by atoms with Crippen LogP contribution in [0.3, 0.4) is 0 Å². The van der Waals surface area contributed by atoms with Crippen molar-refractivity contribution in [3.05, 3.63) is 40.6 Å². The molecule has 0 spiro atoms. The van der Waals surface area contributed by atoms with Crippen LogP contribution in [0.15, 0.2) is 23.5 Å². The minimum atomic E-state index is -0.373. The van der Waals surface area contributed by atoms with E-state index in [-0.39, 0.29) is 11.4 Å². The van der Waals surface area contributed by atoms with E-state index in [0.717, 1.165) is 0 Å². The molecule has 0 aliphatic carbocycles. The second-order valence-corrected chi connectivity index (χ2v) is 5.27. The molecule has 116 valence electrons. The standard InChI is InChI=1S/C14H17FN6O/c1-10-13(15)14(17-8-16-10)21-5-3-20(4-6-21)11-7-12(22)19(2)9-18-11/h7-9H,3-6H2,1-2H3. The molecule has 2 aromatic rings. The van der Waals surface area contributed by atoms with E-state index in [4.69, 9.17) is 0 Å². The number of anilines is 2. The number of hydrogen-bond donors (Lipinski definition) is 0. The van der Waals surface area contributed by atoms with E-state index in [9.17, 15) is 9.18 Å². The molecule has 0 aromatic carbocycles. The Labute approximate surface area is 127 Å². The summed E-state index contributed by atoms with van der Waals surface area (Å²) >= 11 is 0. The number of aromatic nitrogens is 4. The molecule has 1 fully saturated rings. The second kappa shape index (κ2) is 5.70. The van der Waals surface area contributed by atoms with Crippen LogP contribution in [0, 0.1) is 12.7 Å². The van der Waals surface area contributed by atoms with Crippen molar-refractivity contribution in [2.75, 3.05) is 36.0 Å². The normalized spacial score (nSPS) is 15.2. The van der Waals surface area contributed by atoms with E-state index < -0.39 is 0 Å². The molecule has 1 aliphatic heterocycles. The summed E-state index contributed by atoms with van der Waals surface area (Å²) in [4.78, 5) is 27.7. The molecule has 0 unspecified atom stereocenters. The fourth-order valence-electron chi connectivity index (χ4n) is 2.44. The average Bonchev–Trinajstić information content (AvgIpc) is 2.53. The van der Waals surface area contributed by atoms with E-state index in [1.54, 1.807) is 14.0 Å². The van der Waals surface area contributed by atoms with E-state index in [1.807, 2.05) is 9.80 Å². The monoisotopic (exact) mass is 304 g/mol. The van der Waals surface area contributed by atoms with Crippen molar-refractivity contribution in [1.82, 2.24) is 19.5 Å². The Bertz CT molecular complexity index is 738. The SMILES string of the molecule is Cc1ncnc(N2CCN(c3cc(=O)n(C)cn3)CC2)c1F. The third-order valence-corrected chi connectivity index (χ3v) is 3.81. The van der Waals surface area contributed by atoms with Crippen LogP contribution < -0.4 is 15.4 Å². The lowest BCUT2D eigenvalue weighted by Crippen LogP contribution is -2.47. The van der Waals surface area contributed by atoms with Crippen LogP contribution >= 0.6 is 0 Å². The first kappa shape index (κ1) is 14.4. The molecule has 3 rings (SSSR count). The van der Waals surface area contributed by atoms with E-state index in [2.05, 4.69) is 15.0 Å². The van der Waals surface area contributed by atoms with Gasteiger partial charge in [-0.05, 0) is 6.92 Å². The average molecular weight is 304 g/mol. The highest BCUT2D eigenvalue weighted by molar-refractivity contribution is 5.45. The fraction of sp³-hybridized carbons (Fsp3) is 0.429. The highest BCUT2D eigenvalue weighted by atomic mass is 19.1. The summed E-state index contributed by atoms with van der Waals surface area (Å²) in [5, 5.41) is 0. The lowest BCUT2D eigenvalue weighted by atomic mass is 10.3. The topological polar surface area (TPSA) is 67.2 Å². The van der Waals surface area contributed by atoms with Crippen LogP contribution in [-0.4, -0.2) is 45.7 Å². The van der Waals surface area contributed by atoms with Crippen LogP contribution in [0.25, 0.3) is 0 Å². The van der Waals surface area contributed by atoms with Crippen LogP contribution in [0.1, 0.15) is 5.69 Å². The zero-order valence-electron chi connectivity index (χ0n) is 12.5. The Morgan fingerprint density at radius 1 is 1.09 bits per heavy atom. The number of nitrogens with zero attached hydrogens (tertiary/aromatic N) is 6. The van der Waals surface area contributed by atoms with Crippen molar-refractivity contribution in [3.63, 3.8) is 0 Å². The van der Waals surface area contributed by atoms with Crippen molar-refractivity contribution >= 4 is 11.6 Å². The largest absolute Gasteiger partial charge is 0.353 e. The van der Waals surface area contributed by atoms with Gasteiger partial charge in [0.1, 0.15) is 12.1 Å².